The molecule has 0 atom stereocenters. The van der Waals surface area contributed by atoms with Gasteiger partial charge in [0.2, 0.25) is 0 Å². The maximum atomic E-state index is 6.57. The van der Waals surface area contributed by atoms with Crippen molar-refractivity contribution >= 4 is 94.9 Å². The Balaban J connectivity index is 1.77. The molecule has 34 heavy (non-hydrogen) atoms. The molecule has 0 amide bonds. The van der Waals surface area contributed by atoms with Crippen molar-refractivity contribution in [2.45, 2.75) is 0 Å². The van der Waals surface area contributed by atoms with Gasteiger partial charge in [-0.05, 0) is 54.6 Å². The molecule has 0 aliphatic rings. The summed E-state index contributed by atoms with van der Waals surface area (Å²) in [4.78, 5) is 14.3. The molecule has 0 aliphatic heterocycles. The Morgan fingerprint density at radius 3 is 1.09 bits per heavy atom. The van der Waals surface area contributed by atoms with Gasteiger partial charge in [-0.25, -0.2) is 0 Å². The van der Waals surface area contributed by atoms with Crippen LogP contribution in [0.4, 0.5) is 0 Å². The number of rotatable bonds is 3. The van der Waals surface area contributed by atoms with E-state index in [1.54, 1.807) is 0 Å². The minimum atomic E-state index is -2.18. The number of pyridine rings is 3. The third-order valence-electron chi connectivity index (χ3n) is 6.18. The van der Waals surface area contributed by atoms with Crippen molar-refractivity contribution in [3.63, 3.8) is 0 Å². The minimum Gasteiger partial charge on any atom is -0.257 e. The molecule has 0 N–H and O–H groups in total. The Morgan fingerprint density at radius 2 is 0.765 bits per heavy atom. The van der Waals surface area contributed by atoms with Gasteiger partial charge in [0, 0.05) is 49.8 Å². The fourth-order valence-electron chi connectivity index (χ4n) is 4.68. The molecule has 0 unspecified atom stereocenters. The topological polar surface area (TPSA) is 38.7 Å². The summed E-state index contributed by atoms with van der Waals surface area (Å²) < 4.78 is 3.43. The zero-order chi connectivity index (χ0) is 23.2. The first-order chi connectivity index (χ1) is 16.6. The van der Waals surface area contributed by atoms with Gasteiger partial charge in [-0.2, -0.15) is 0 Å². The van der Waals surface area contributed by atoms with E-state index < -0.39 is 14.1 Å². The van der Waals surface area contributed by atoms with Crippen LogP contribution in [0.2, 0.25) is 15.1 Å². The second kappa shape index (κ2) is 8.82. The summed E-state index contributed by atoms with van der Waals surface area (Å²) >= 11 is 17.5. The van der Waals surface area contributed by atoms with Crippen molar-refractivity contribution in [3.05, 3.63) is 106 Å². The highest BCUT2D eigenvalue weighted by atomic mass is 35.5. The molecule has 162 valence electrons. The SMILES string of the molecule is Clc1cc[c]([Al]([c]2ccc(Cl)c3cccnc23)[c]2ccc(Cl)c3cccnc23)c2ncccc12. The van der Waals surface area contributed by atoms with Crippen LogP contribution in [0.15, 0.2) is 91.4 Å². The molecule has 3 nitrogen and oxygen atoms in total. The van der Waals surface area contributed by atoms with E-state index in [1.807, 2.05) is 73.2 Å². The molecular formula is C27H15AlCl3N3. The van der Waals surface area contributed by atoms with E-state index in [0.29, 0.717) is 15.1 Å². The van der Waals surface area contributed by atoms with Crippen LogP contribution in [0.3, 0.4) is 0 Å². The third kappa shape index (κ3) is 3.55. The highest BCUT2D eigenvalue weighted by Crippen LogP contribution is 2.25. The fourth-order valence-corrected chi connectivity index (χ4v) is 8.71. The smallest absolute Gasteiger partial charge is 0.257 e. The van der Waals surface area contributed by atoms with Gasteiger partial charge in [-0.1, -0.05) is 66.3 Å². The Bertz CT molecular complexity index is 1520. The Kier molecular flexibility index (Phi) is 5.65. The van der Waals surface area contributed by atoms with E-state index in [0.717, 1.165) is 46.0 Å². The monoisotopic (exact) mass is 513 g/mol. The van der Waals surface area contributed by atoms with Crippen LogP contribution in [0.1, 0.15) is 0 Å². The predicted molar refractivity (Wildman–Crippen MR) is 145 cm³/mol. The lowest BCUT2D eigenvalue weighted by Gasteiger charge is -2.19. The molecule has 3 aromatic carbocycles. The van der Waals surface area contributed by atoms with E-state index in [-0.39, 0.29) is 0 Å². The summed E-state index contributed by atoms with van der Waals surface area (Å²) in [6.45, 7) is 0. The van der Waals surface area contributed by atoms with Gasteiger partial charge in [0.05, 0.1) is 16.6 Å². The third-order valence-corrected chi connectivity index (χ3v) is 10.4. The van der Waals surface area contributed by atoms with Gasteiger partial charge in [0.25, 0.3) is 0 Å². The van der Waals surface area contributed by atoms with Crippen LogP contribution < -0.4 is 13.3 Å². The lowest BCUT2D eigenvalue weighted by molar-refractivity contribution is 1.41. The van der Waals surface area contributed by atoms with Crippen molar-refractivity contribution in [2.75, 3.05) is 0 Å². The van der Waals surface area contributed by atoms with Crippen LogP contribution in [-0.4, -0.2) is 29.1 Å². The molecular weight excluding hydrogens is 500 g/mol. The summed E-state index contributed by atoms with van der Waals surface area (Å²) in [5, 5.41) is 4.82. The average molecular weight is 515 g/mol. The van der Waals surface area contributed by atoms with Crippen molar-refractivity contribution < 1.29 is 0 Å². The predicted octanol–water partition coefficient (Wildman–Crippen LogP) is 5.81. The zero-order valence-electron chi connectivity index (χ0n) is 17.7. The van der Waals surface area contributed by atoms with Gasteiger partial charge in [0.15, 0.2) is 0 Å². The lowest BCUT2D eigenvalue weighted by Crippen LogP contribution is -2.53. The number of hydrogen-bond donors (Lipinski definition) is 0. The summed E-state index contributed by atoms with van der Waals surface area (Å²) in [6, 6.07) is 23.9. The average Bonchev–Trinajstić information content (AvgIpc) is 2.88. The zero-order valence-corrected chi connectivity index (χ0v) is 21.1. The second-order valence-electron chi connectivity index (χ2n) is 8.04. The van der Waals surface area contributed by atoms with Crippen LogP contribution in [0.25, 0.3) is 32.7 Å². The van der Waals surface area contributed by atoms with Gasteiger partial charge in [-0.15, -0.1) is 0 Å². The van der Waals surface area contributed by atoms with Crippen molar-refractivity contribution in [1.29, 1.82) is 0 Å². The number of benzene rings is 3. The summed E-state index contributed by atoms with van der Waals surface area (Å²) in [5.74, 6) is 0. The fraction of sp³-hybridized carbons (Fsp3) is 0. The van der Waals surface area contributed by atoms with Crippen LogP contribution in [0.5, 0.6) is 0 Å². The number of fused-ring (bicyclic) bond motifs is 3. The maximum absolute atomic E-state index is 6.57. The van der Waals surface area contributed by atoms with E-state index in [9.17, 15) is 0 Å². The molecule has 0 bridgehead atoms. The normalized spacial score (nSPS) is 11.4. The molecule has 6 aromatic rings. The summed E-state index contributed by atoms with van der Waals surface area (Å²) in [6.07, 6.45) is 5.43. The quantitative estimate of drug-likeness (QED) is 0.280. The first-order valence-electron chi connectivity index (χ1n) is 10.7. The lowest BCUT2D eigenvalue weighted by atomic mass is 10.2. The number of hydrogen-bond acceptors (Lipinski definition) is 3. The molecule has 0 saturated carbocycles. The maximum Gasteiger partial charge on any atom is 0.393 e. The van der Waals surface area contributed by atoms with E-state index >= 15 is 0 Å². The van der Waals surface area contributed by atoms with Crippen molar-refractivity contribution in [3.8, 4) is 0 Å². The first-order valence-corrected chi connectivity index (χ1v) is 13.6. The van der Waals surface area contributed by atoms with Gasteiger partial charge >= 0.3 is 14.1 Å². The number of halogens is 3. The van der Waals surface area contributed by atoms with E-state index in [2.05, 4.69) is 18.2 Å². The molecule has 0 aliphatic carbocycles. The van der Waals surface area contributed by atoms with Gasteiger partial charge in [-0.3, -0.25) is 15.0 Å². The molecule has 0 saturated heterocycles. The molecule has 0 radical (unpaired) electrons. The Morgan fingerprint density at radius 1 is 0.441 bits per heavy atom. The van der Waals surface area contributed by atoms with E-state index in [4.69, 9.17) is 49.8 Å². The minimum absolute atomic E-state index is 0.678. The van der Waals surface area contributed by atoms with Crippen LogP contribution in [-0.2, 0) is 0 Å². The van der Waals surface area contributed by atoms with Crippen LogP contribution >= 0.6 is 34.8 Å². The summed E-state index contributed by atoms with van der Waals surface area (Å²) in [7, 11) is 0. The molecule has 6 rings (SSSR count). The second-order valence-corrected chi connectivity index (χ2v) is 12.0. The first kappa shape index (κ1) is 21.8. The molecule has 0 spiro atoms. The largest absolute Gasteiger partial charge is 0.393 e. The van der Waals surface area contributed by atoms with Crippen molar-refractivity contribution in [2.24, 2.45) is 0 Å². The number of aromatic nitrogens is 3. The van der Waals surface area contributed by atoms with Crippen LogP contribution in [0, 0.1) is 0 Å². The van der Waals surface area contributed by atoms with Gasteiger partial charge < -0.3 is 0 Å². The molecule has 7 heteroatoms. The van der Waals surface area contributed by atoms with Gasteiger partial charge in [0.1, 0.15) is 0 Å². The number of nitrogens with zero attached hydrogens (tertiary/aromatic N) is 3. The molecule has 0 fully saturated rings. The Hall–Kier alpha value is -2.71. The molecule has 3 aromatic heterocycles. The van der Waals surface area contributed by atoms with E-state index in [1.165, 1.54) is 0 Å². The Labute approximate surface area is 215 Å². The summed E-state index contributed by atoms with van der Waals surface area (Å²) in [5.41, 5.74) is 2.68. The highest BCUT2D eigenvalue weighted by molar-refractivity contribution is 6.99. The molecule has 3 heterocycles. The van der Waals surface area contributed by atoms with Crippen molar-refractivity contribution in [1.82, 2.24) is 15.0 Å². The highest BCUT2D eigenvalue weighted by Gasteiger charge is 2.32. The standard InChI is InChI=1S/3C9H5ClN.Al/c3*10-8-4-1-5-9-7(8)3-2-6-11-9;/h3*1-4,6H;.